The van der Waals surface area contributed by atoms with Gasteiger partial charge in [-0.1, -0.05) is 28.1 Å². The van der Waals surface area contributed by atoms with Crippen LogP contribution in [0.5, 0.6) is 0 Å². The van der Waals surface area contributed by atoms with Gasteiger partial charge in [-0.05, 0) is 18.6 Å². The van der Waals surface area contributed by atoms with E-state index in [1.54, 1.807) is 12.4 Å². The second-order valence-corrected chi connectivity index (χ2v) is 4.22. The second kappa shape index (κ2) is 4.59. The molecule has 82 valence electrons. The van der Waals surface area contributed by atoms with Gasteiger partial charge in [0.2, 0.25) is 0 Å². The fraction of sp³-hybridized carbons (Fsp3) is 0.0909. The Bertz CT molecular complexity index is 513. The summed E-state index contributed by atoms with van der Waals surface area (Å²) in [6.07, 6.45) is 3.24. The molecule has 0 spiro atoms. The Labute approximate surface area is 102 Å². The lowest BCUT2D eigenvalue weighted by Crippen LogP contribution is -2.10. The fourth-order valence-corrected chi connectivity index (χ4v) is 1.77. The standard InChI is InChI=1S/C11H11BrN4/c1-7-2-3-8(6-9(7)12)10-11(16-13)15-5-4-14-10/h2-6H,13H2,1H3,(H,15,16). The third kappa shape index (κ3) is 2.05. The van der Waals surface area contributed by atoms with E-state index in [9.17, 15) is 0 Å². The Balaban J connectivity index is 2.54. The number of hydrazine groups is 1. The smallest absolute Gasteiger partial charge is 0.166 e. The Kier molecular flexibility index (Phi) is 3.17. The van der Waals surface area contributed by atoms with E-state index in [2.05, 4.69) is 31.3 Å². The molecule has 5 heteroatoms. The zero-order chi connectivity index (χ0) is 11.5. The van der Waals surface area contributed by atoms with Crippen LogP contribution in [0.15, 0.2) is 35.1 Å². The molecule has 0 saturated carbocycles. The van der Waals surface area contributed by atoms with E-state index in [0.717, 1.165) is 15.7 Å². The molecule has 0 atom stereocenters. The summed E-state index contributed by atoms with van der Waals surface area (Å²) in [5.74, 6) is 5.96. The predicted octanol–water partition coefficient (Wildman–Crippen LogP) is 2.50. The molecule has 2 rings (SSSR count). The molecule has 0 fully saturated rings. The Hall–Kier alpha value is -1.46. The predicted molar refractivity (Wildman–Crippen MR) is 67.7 cm³/mol. The molecular weight excluding hydrogens is 268 g/mol. The monoisotopic (exact) mass is 278 g/mol. The lowest BCUT2D eigenvalue weighted by molar-refractivity contribution is 1.16. The molecule has 3 N–H and O–H groups in total. The second-order valence-electron chi connectivity index (χ2n) is 3.36. The van der Waals surface area contributed by atoms with Crippen LogP contribution in [0.2, 0.25) is 0 Å². The Morgan fingerprint density at radius 2 is 2.00 bits per heavy atom. The number of aryl methyl sites for hydroxylation is 1. The van der Waals surface area contributed by atoms with Crippen LogP contribution in [-0.4, -0.2) is 9.97 Å². The third-order valence-electron chi connectivity index (χ3n) is 2.28. The first-order valence-corrected chi connectivity index (χ1v) is 5.56. The molecule has 0 radical (unpaired) electrons. The summed E-state index contributed by atoms with van der Waals surface area (Å²) in [6, 6.07) is 6.01. The van der Waals surface area contributed by atoms with Gasteiger partial charge in [0.25, 0.3) is 0 Å². The SMILES string of the molecule is Cc1ccc(-c2nccnc2NN)cc1Br. The Morgan fingerprint density at radius 1 is 1.25 bits per heavy atom. The molecule has 0 aliphatic carbocycles. The topological polar surface area (TPSA) is 63.8 Å². The first-order valence-electron chi connectivity index (χ1n) is 4.76. The summed E-state index contributed by atoms with van der Waals surface area (Å²) in [5, 5.41) is 0. The maximum absolute atomic E-state index is 5.39. The summed E-state index contributed by atoms with van der Waals surface area (Å²) >= 11 is 3.49. The number of nitrogen functional groups attached to an aromatic ring is 1. The fourth-order valence-electron chi connectivity index (χ4n) is 1.40. The molecule has 0 aliphatic rings. The van der Waals surface area contributed by atoms with Crippen molar-refractivity contribution in [1.82, 2.24) is 9.97 Å². The number of aromatic nitrogens is 2. The highest BCUT2D eigenvalue weighted by molar-refractivity contribution is 9.10. The highest BCUT2D eigenvalue weighted by atomic mass is 79.9. The number of nitrogens with zero attached hydrogens (tertiary/aromatic N) is 2. The summed E-state index contributed by atoms with van der Waals surface area (Å²) in [5.41, 5.74) is 5.43. The van der Waals surface area contributed by atoms with Crippen molar-refractivity contribution in [3.8, 4) is 11.3 Å². The molecular formula is C11H11BrN4. The van der Waals surface area contributed by atoms with Crippen LogP contribution in [0.25, 0.3) is 11.3 Å². The molecule has 16 heavy (non-hydrogen) atoms. The first-order chi connectivity index (χ1) is 7.72. The molecule has 1 aromatic carbocycles. The minimum atomic E-state index is 0.568. The van der Waals surface area contributed by atoms with Crippen LogP contribution in [0.3, 0.4) is 0 Å². The maximum atomic E-state index is 5.39. The van der Waals surface area contributed by atoms with E-state index in [0.29, 0.717) is 5.82 Å². The summed E-state index contributed by atoms with van der Waals surface area (Å²) in [4.78, 5) is 8.38. The molecule has 0 amide bonds. The number of halogens is 1. The van der Waals surface area contributed by atoms with Crippen molar-refractivity contribution in [2.24, 2.45) is 5.84 Å². The van der Waals surface area contributed by atoms with Crippen molar-refractivity contribution in [1.29, 1.82) is 0 Å². The molecule has 2 aromatic rings. The summed E-state index contributed by atoms with van der Waals surface area (Å²) in [7, 11) is 0. The van der Waals surface area contributed by atoms with Gasteiger partial charge in [-0.25, -0.2) is 10.8 Å². The number of benzene rings is 1. The zero-order valence-corrected chi connectivity index (χ0v) is 10.3. The molecule has 0 saturated heterocycles. The van der Waals surface area contributed by atoms with E-state index in [1.165, 1.54) is 5.56 Å². The van der Waals surface area contributed by atoms with Crippen molar-refractivity contribution in [2.75, 3.05) is 5.43 Å². The van der Waals surface area contributed by atoms with Gasteiger partial charge in [-0.3, -0.25) is 4.98 Å². The highest BCUT2D eigenvalue weighted by Gasteiger charge is 2.07. The lowest BCUT2D eigenvalue weighted by Gasteiger charge is -2.07. The van der Waals surface area contributed by atoms with Crippen molar-refractivity contribution in [3.05, 3.63) is 40.6 Å². The molecule has 4 nitrogen and oxygen atoms in total. The average Bonchev–Trinajstić information content (AvgIpc) is 2.32. The van der Waals surface area contributed by atoms with Gasteiger partial charge in [0, 0.05) is 22.4 Å². The van der Waals surface area contributed by atoms with Crippen molar-refractivity contribution in [2.45, 2.75) is 6.92 Å². The van der Waals surface area contributed by atoms with E-state index in [-0.39, 0.29) is 0 Å². The molecule has 0 bridgehead atoms. The van der Waals surface area contributed by atoms with Gasteiger partial charge in [-0.15, -0.1) is 0 Å². The lowest BCUT2D eigenvalue weighted by atomic mass is 10.1. The molecule has 1 heterocycles. The molecule has 1 aromatic heterocycles. The first kappa shape index (κ1) is 11.0. The van der Waals surface area contributed by atoms with E-state index < -0.39 is 0 Å². The largest absolute Gasteiger partial charge is 0.307 e. The number of hydrogen-bond donors (Lipinski definition) is 2. The quantitative estimate of drug-likeness (QED) is 0.655. The van der Waals surface area contributed by atoms with Crippen LogP contribution in [0.1, 0.15) is 5.56 Å². The van der Waals surface area contributed by atoms with E-state index >= 15 is 0 Å². The average molecular weight is 279 g/mol. The van der Waals surface area contributed by atoms with Gasteiger partial charge in [0.05, 0.1) is 0 Å². The van der Waals surface area contributed by atoms with Gasteiger partial charge in [-0.2, -0.15) is 0 Å². The van der Waals surface area contributed by atoms with Crippen LogP contribution in [0, 0.1) is 6.92 Å². The highest BCUT2D eigenvalue weighted by Crippen LogP contribution is 2.27. The number of anilines is 1. The van der Waals surface area contributed by atoms with Crippen molar-refractivity contribution in [3.63, 3.8) is 0 Å². The van der Waals surface area contributed by atoms with Gasteiger partial charge in [0.1, 0.15) is 5.69 Å². The number of nitrogens with one attached hydrogen (secondary N) is 1. The number of nitrogens with two attached hydrogens (primary N) is 1. The summed E-state index contributed by atoms with van der Waals surface area (Å²) in [6.45, 7) is 2.03. The van der Waals surface area contributed by atoms with E-state index in [1.807, 2.05) is 25.1 Å². The van der Waals surface area contributed by atoms with E-state index in [4.69, 9.17) is 5.84 Å². The van der Waals surface area contributed by atoms with Crippen LogP contribution in [-0.2, 0) is 0 Å². The van der Waals surface area contributed by atoms with Crippen LogP contribution in [0.4, 0.5) is 5.82 Å². The van der Waals surface area contributed by atoms with Gasteiger partial charge in [0.15, 0.2) is 5.82 Å². The minimum absolute atomic E-state index is 0.568. The molecule has 0 unspecified atom stereocenters. The van der Waals surface area contributed by atoms with Gasteiger partial charge >= 0.3 is 0 Å². The third-order valence-corrected chi connectivity index (χ3v) is 3.13. The molecule has 0 aliphatic heterocycles. The Morgan fingerprint density at radius 3 is 2.69 bits per heavy atom. The van der Waals surface area contributed by atoms with Crippen molar-refractivity contribution >= 4 is 21.7 Å². The van der Waals surface area contributed by atoms with Crippen molar-refractivity contribution < 1.29 is 0 Å². The van der Waals surface area contributed by atoms with Crippen LogP contribution >= 0.6 is 15.9 Å². The summed E-state index contributed by atoms with van der Waals surface area (Å²) < 4.78 is 1.04. The number of hydrogen-bond acceptors (Lipinski definition) is 4. The zero-order valence-electron chi connectivity index (χ0n) is 8.74. The van der Waals surface area contributed by atoms with Crippen LogP contribution < -0.4 is 11.3 Å². The number of rotatable bonds is 2. The van der Waals surface area contributed by atoms with Gasteiger partial charge < -0.3 is 5.43 Å². The minimum Gasteiger partial charge on any atom is -0.307 e. The normalized spacial score (nSPS) is 10.2. The maximum Gasteiger partial charge on any atom is 0.166 e.